The molecule has 6 nitrogen and oxygen atoms in total. The molecule has 0 saturated carbocycles. The summed E-state index contributed by atoms with van der Waals surface area (Å²) in [5.74, 6) is 2.47. The molecular formula is C26H32ClN3O3. The molecule has 3 aromatic rings. The first-order chi connectivity index (χ1) is 15.9. The lowest BCUT2D eigenvalue weighted by molar-refractivity contribution is -0.0620. The third kappa shape index (κ3) is 6.50. The Hall–Kier alpha value is -2.54. The van der Waals surface area contributed by atoms with Crippen molar-refractivity contribution in [1.29, 1.82) is 0 Å². The number of benzene rings is 2. The number of β-amino-alcohol motifs (C(OH)–C–C–N with tert-alkyl or cyclic N) is 1. The molecular weight excluding hydrogens is 438 g/mol. The van der Waals surface area contributed by atoms with Crippen molar-refractivity contribution in [3.05, 3.63) is 76.8 Å². The summed E-state index contributed by atoms with van der Waals surface area (Å²) in [7, 11) is 0. The number of rotatable bonds is 9. The number of hydrogen-bond donors (Lipinski definition) is 1. The van der Waals surface area contributed by atoms with E-state index >= 15 is 0 Å². The van der Waals surface area contributed by atoms with Gasteiger partial charge >= 0.3 is 0 Å². The first kappa shape index (κ1) is 23.6. The average Bonchev–Trinajstić information content (AvgIpc) is 3.20. The summed E-state index contributed by atoms with van der Waals surface area (Å²) in [6.45, 7) is 7.89. The molecule has 1 atom stereocenters. The van der Waals surface area contributed by atoms with Crippen LogP contribution in [0.25, 0.3) is 0 Å². The Balaban J connectivity index is 1.27. The summed E-state index contributed by atoms with van der Waals surface area (Å²) >= 11 is 6.24. The van der Waals surface area contributed by atoms with Crippen molar-refractivity contribution in [3.63, 3.8) is 0 Å². The molecule has 0 amide bonds. The summed E-state index contributed by atoms with van der Waals surface area (Å²) in [4.78, 5) is 6.51. The molecule has 2 heterocycles. The van der Waals surface area contributed by atoms with Crippen molar-refractivity contribution in [1.82, 2.24) is 14.5 Å². The number of ether oxygens (including phenoxy) is 2. The molecule has 176 valence electrons. The van der Waals surface area contributed by atoms with Crippen LogP contribution in [-0.2, 0) is 13.1 Å². The predicted octanol–water partition coefficient (Wildman–Crippen LogP) is 4.64. The van der Waals surface area contributed by atoms with Crippen LogP contribution >= 0.6 is 11.6 Å². The molecule has 1 fully saturated rings. The Labute approximate surface area is 200 Å². The summed E-state index contributed by atoms with van der Waals surface area (Å²) in [5, 5.41) is 11.7. The van der Waals surface area contributed by atoms with Crippen LogP contribution in [0.5, 0.6) is 11.5 Å². The van der Waals surface area contributed by atoms with Crippen LogP contribution in [0.1, 0.15) is 29.8 Å². The fourth-order valence-electron chi connectivity index (χ4n) is 4.24. The Kier molecular flexibility index (Phi) is 7.58. The van der Waals surface area contributed by atoms with Gasteiger partial charge in [0.1, 0.15) is 36.1 Å². The molecule has 0 aliphatic carbocycles. The van der Waals surface area contributed by atoms with E-state index in [0.29, 0.717) is 23.9 Å². The standard InChI is InChI=1S/C26H32ClN3O3/c1-20-4-9-24(27)25(16-20)33-19-26(31)10-3-12-29(18-26)17-22-5-7-23(8-6-22)32-15-14-30-13-11-28-21(30)2/h4-9,11,13,16,31H,3,10,12,14-15,17-19H2,1-2H3. The van der Waals surface area contributed by atoms with Gasteiger partial charge in [-0.05, 0) is 68.6 Å². The van der Waals surface area contributed by atoms with Crippen LogP contribution in [0.4, 0.5) is 0 Å². The summed E-state index contributed by atoms with van der Waals surface area (Å²) in [5.41, 5.74) is 1.38. The van der Waals surface area contributed by atoms with Crippen molar-refractivity contribution in [3.8, 4) is 11.5 Å². The first-order valence-electron chi connectivity index (χ1n) is 11.4. The third-order valence-corrected chi connectivity index (χ3v) is 6.38. The summed E-state index contributed by atoms with van der Waals surface area (Å²) in [6, 6.07) is 13.9. The lowest BCUT2D eigenvalue weighted by Crippen LogP contribution is -2.51. The number of likely N-dealkylation sites (tertiary alicyclic amines) is 1. The van der Waals surface area contributed by atoms with E-state index in [0.717, 1.165) is 49.6 Å². The molecule has 0 spiro atoms. The minimum absolute atomic E-state index is 0.232. The zero-order valence-corrected chi connectivity index (χ0v) is 20.1. The van der Waals surface area contributed by atoms with Crippen molar-refractivity contribution in [2.24, 2.45) is 0 Å². The highest BCUT2D eigenvalue weighted by Crippen LogP contribution is 2.29. The van der Waals surface area contributed by atoms with Gasteiger partial charge in [-0.3, -0.25) is 4.90 Å². The van der Waals surface area contributed by atoms with Gasteiger partial charge in [0.2, 0.25) is 0 Å². The summed E-state index contributed by atoms with van der Waals surface area (Å²) in [6.07, 6.45) is 5.41. The molecule has 0 radical (unpaired) electrons. The van der Waals surface area contributed by atoms with Gasteiger partial charge in [-0.15, -0.1) is 0 Å². The van der Waals surface area contributed by atoms with Gasteiger partial charge < -0.3 is 19.1 Å². The van der Waals surface area contributed by atoms with E-state index in [9.17, 15) is 5.11 Å². The minimum atomic E-state index is -0.889. The molecule has 1 unspecified atom stereocenters. The number of halogens is 1. The van der Waals surface area contributed by atoms with E-state index < -0.39 is 5.60 Å². The average molecular weight is 470 g/mol. The largest absolute Gasteiger partial charge is 0.492 e. The van der Waals surface area contributed by atoms with Gasteiger partial charge in [0.05, 0.1) is 11.6 Å². The summed E-state index contributed by atoms with van der Waals surface area (Å²) < 4.78 is 13.9. The Morgan fingerprint density at radius 2 is 1.94 bits per heavy atom. The quantitative estimate of drug-likeness (QED) is 0.494. The second-order valence-corrected chi connectivity index (χ2v) is 9.33. The SMILES string of the molecule is Cc1ccc(Cl)c(OCC2(O)CCCN(Cc3ccc(OCCn4ccnc4C)cc3)C2)c1. The molecule has 0 bridgehead atoms. The van der Waals surface area contributed by atoms with Crippen LogP contribution < -0.4 is 9.47 Å². The molecule has 1 aromatic heterocycles. The fourth-order valence-corrected chi connectivity index (χ4v) is 4.42. The second kappa shape index (κ2) is 10.6. The van der Waals surface area contributed by atoms with Crippen molar-refractivity contribution in [2.45, 2.75) is 45.4 Å². The molecule has 7 heteroatoms. The second-order valence-electron chi connectivity index (χ2n) is 8.92. The number of aryl methyl sites for hydroxylation is 2. The van der Waals surface area contributed by atoms with Crippen LogP contribution in [0.15, 0.2) is 54.9 Å². The number of hydrogen-bond acceptors (Lipinski definition) is 5. The minimum Gasteiger partial charge on any atom is -0.492 e. The lowest BCUT2D eigenvalue weighted by atomic mass is 9.93. The monoisotopic (exact) mass is 469 g/mol. The van der Waals surface area contributed by atoms with Gasteiger partial charge in [0.15, 0.2) is 0 Å². The normalized spacial score (nSPS) is 18.9. The van der Waals surface area contributed by atoms with Gasteiger partial charge in [0, 0.05) is 25.5 Å². The van der Waals surface area contributed by atoms with E-state index in [1.807, 2.05) is 50.4 Å². The highest BCUT2D eigenvalue weighted by atomic mass is 35.5. The van der Waals surface area contributed by atoms with Gasteiger partial charge in [-0.1, -0.05) is 29.8 Å². The van der Waals surface area contributed by atoms with Gasteiger partial charge in [-0.25, -0.2) is 4.98 Å². The number of piperidine rings is 1. The van der Waals surface area contributed by atoms with Crippen LogP contribution in [0.3, 0.4) is 0 Å². The number of imidazole rings is 1. The van der Waals surface area contributed by atoms with E-state index in [2.05, 4.69) is 26.6 Å². The maximum Gasteiger partial charge on any atom is 0.138 e. The van der Waals surface area contributed by atoms with E-state index in [-0.39, 0.29) is 6.61 Å². The van der Waals surface area contributed by atoms with Crippen LogP contribution in [0, 0.1) is 13.8 Å². The first-order valence-corrected chi connectivity index (χ1v) is 11.8. The molecule has 33 heavy (non-hydrogen) atoms. The maximum absolute atomic E-state index is 11.1. The lowest BCUT2D eigenvalue weighted by Gasteiger charge is -2.39. The van der Waals surface area contributed by atoms with Crippen molar-refractivity contribution < 1.29 is 14.6 Å². The fraction of sp³-hybridized carbons (Fsp3) is 0.423. The number of aliphatic hydroxyl groups is 1. The number of nitrogens with zero attached hydrogens (tertiary/aromatic N) is 3. The smallest absolute Gasteiger partial charge is 0.138 e. The van der Waals surface area contributed by atoms with Crippen molar-refractivity contribution >= 4 is 11.6 Å². The van der Waals surface area contributed by atoms with E-state index in [1.165, 1.54) is 5.56 Å². The Bertz CT molecular complexity index is 1050. The van der Waals surface area contributed by atoms with Gasteiger partial charge in [0.25, 0.3) is 0 Å². The van der Waals surface area contributed by atoms with E-state index in [4.69, 9.17) is 21.1 Å². The predicted molar refractivity (Wildman–Crippen MR) is 130 cm³/mol. The Morgan fingerprint density at radius 1 is 1.12 bits per heavy atom. The molecule has 4 rings (SSSR count). The topological polar surface area (TPSA) is 59.8 Å². The van der Waals surface area contributed by atoms with E-state index in [1.54, 1.807) is 6.20 Å². The molecule has 1 aliphatic heterocycles. The van der Waals surface area contributed by atoms with Crippen LogP contribution in [-0.4, -0.2) is 51.5 Å². The maximum atomic E-state index is 11.1. The molecule has 1 N–H and O–H groups in total. The highest BCUT2D eigenvalue weighted by molar-refractivity contribution is 6.32. The molecule has 2 aromatic carbocycles. The zero-order valence-electron chi connectivity index (χ0n) is 19.3. The number of aromatic nitrogens is 2. The molecule has 1 aliphatic rings. The molecule has 1 saturated heterocycles. The van der Waals surface area contributed by atoms with Gasteiger partial charge in [-0.2, -0.15) is 0 Å². The zero-order chi connectivity index (χ0) is 23.3. The van der Waals surface area contributed by atoms with Crippen LogP contribution in [0.2, 0.25) is 5.02 Å². The Morgan fingerprint density at radius 3 is 2.70 bits per heavy atom. The third-order valence-electron chi connectivity index (χ3n) is 6.07. The van der Waals surface area contributed by atoms with Crippen molar-refractivity contribution in [2.75, 3.05) is 26.3 Å². The highest BCUT2D eigenvalue weighted by Gasteiger charge is 2.34.